The van der Waals surface area contributed by atoms with E-state index in [9.17, 15) is 4.79 Å². The van der Waals surface area contributed by atoms with Crippen LogP contribution >= 0.6 is 23.4 Å². The molecule has 0 fully saturated rings. The normalized spacial score (nSPS) is 10.5. The van der Waals surface area contributed by atoms with Gasteiger partial charge in [-0.05, 0) is 36.4 Å². The molecule has 1 amide bonds. The number of amides is 1. The molecular weight excluding hydrogens is 346 g/mol. The molecule has 122 valence electrons. The smallest absolute Gasteiger partial charge is 0.322 e. The summed E-state index contributed by atoms with van der Waals surface area (Å²) in [6.07, 6.45) is 0.359. The summed E-state index contributed by atoms with van der Waals surface area (Å²) >= 11 is 7.46. The number of rotatable bonds is 6. The number of thioether (sulfide) groups is 1. The topological polar surface area (TPSA) is 68.0 Å². The van der Waals surface area contributed by atoms with Crippen LogP contribution in [-0.4, -0.2) is 21.9 Å². The van der Waals surface area contributed by atoms with Gasteiger partial charge in [0, 0.05) is 27.7 Å². The van der Waals surface area contributed by atoms with Crippen molar-refractivity contribution in [3.05, 3.63) is 59.6 Å². The second-order valence-electron chi connectivity index (χ2n) is 4.88. The van der Waals surface area contributed by atoms with Crippen LogP contribution in [0, 0.1) is 0 Å². The van der Waals surface area contributed by atoms with E-state index in [1.807, 2.05) is 30.3 Å². The highest BCUT2D eigenvalue weighted by Gasteiger charge is 2.11. The Kier molecular flexibility index (Phi) is 5.51. The summed E-state index contributed by atoms with van der Waals surface area (Å²) in [6.45, 7) is 0. The van der Waals surface area contributed by atoms with Crippen molar-refractivity contribution >= 4 is 35.3 Å². The van der Waals surface area contributed by atoms with Gasteiger partial charge >= 0.3 is 6.01 Å². The zero-order chi connectivity index (χ0) is 16.8. The first-order chi connectivity index (χ1) is 11.7. The molecule has 3 aromatic rings. The summed E-state index contributed by atoms with van der Waals surface area (Å²) < 4.78 is 5.44. The summed E-state index contributed by atoms with van der Waals surface area (Å²) in [5.74, 6) is 0.846. The molecular formula is C17H14ClN3O2S. The van der Waals surface area contributed by atoms with Gasteiger partial charge in [0.05, 0.1) is 0 Å². The summed E-state index contributed by atoms with van der Waals surface area (Å²) in [6, 6.07) is 17.0. The van der Waals surface area contributed by atoms with Crippen molar-refractivity contribution in [2.45, 2.75) is 11.3 Å². The minimum atomic E-state index is -0.162. The number of anilines is 1. The summed E-state index contributed by atoms with van der Waals surface area (Å²) in [4.78, 5) is 13.1. The highest BCUT2D eigenvalue weighted by molar-refractivity contribution is 7.99. The first-order valence-electron chi connectivity index (χ1n) is 7.28. The molecule has 0 saturated heterocycles. The zero-order valence-electron chi connectivity index (χ0n) is 12.6. The van der Waals surface area contributed by atoms with Crippen LogP contribution < -0.4 is 5.32 Å². The van der Waals surface area contributed by atoms with Crippen LogP contribution in [0.4, 0.5) is 6.01 Å². The van der Waals surface area contributed by atoms with Crippen molar-refractivity contribution < 1.29 is 9.21 Å². The van der Waals surface area contributed by atoms with Gasteiger partial charge in [0.2, 0.25) is 11.8 Å². The minimum Gasteiger partial charge on any atom is -0.403 e. The molecule has 0 aliphatic rings. The van der Waals surface area contributed by atoms with Crippen LogP contribution in [0.25, 0.3) is 11.5 Å². The molecule has 0 bridgehead atoms. The standard InChI is InChI=1S/C17H14ClN3O2S/c18-13-8-6-12(7-9-13)16-20-21-17(23-16)19-15(22)10-11-24-14-4-2-1-3-5-14/h1-9H,10-11H2,(H,19,21,22). The van der Waals surface area contributed by atoms with Crippen molar-refractivity contribution in [2.75, 3.05) is 11.1 Å². The molecule has 1 N–H and O–H groups in total. The number of hydrogen-bond donors (Lipinski definition) is 1. The quantitative estimate of drug-likeness (QED) is 0.656. The van der Waals surface area contributed by atoms with Gasteiger partial charge in [-0.15, -0.1) is 16.9 Å². The van der Waals surface area contributed by atoms with Crippen LogP contribution in [0.1, 0.15) is 6.42 Å². The third kappa shape index (κ3) is 4.59. The van der Waals surface area contributed by atoms with Gasteiger partial charge in [-0.1, -0.05) is 34.9 Å². The lowest BCUT2D eigenvalue weighted by Crippen LogP contribution is -2.12. The minimum absolute atomic E-state index is 0.0923. The Labute approximate surface area is 148 Å². The average Bonchev–Trinajstić information content (AvgIpc) is 3.05. The number of halogens is 1. The van der Waals surface area contributed by atoms with Crippen LogP contribution in [0.2, 0.25) is 5.02 Å². The van der Waals surface area contributed by atoms with Gasteiger partial charge in [-0.2, -0.15) is 0 Å². The average molecular weight is 360 g/mol. The van der Waals surface area contributed by atoms with Crippen molar-refractivity contribution in [1.29, 1.82) is 0 Å². The van der Waals surface area contributed by atoms with E-state index in [2.05, 4.69) is 15.5 Å². The number of hydrogen-bond acceptors (Lipinski definition) is 5. The van der Waals surface area contributed by atoms with Crippen molar-refractivity contribution in [2.24, 2.45) is 0 Å². The largest absolute Gasteiger partial charge is 0.403 e. The van der Waals surface area contributed by atoms with E-state index in [-0.39, 0.29) is 11.9 Å². The maximum absolute atomic E-state index is 11.9. The summed E-state index contributed by atoms with van der Waals surface area (Å²) in [7, 11) is 0. The molecule has 0 atom stereocenters. The highest BCUT2D eigenvalue weighted by Crippen LogP contribution is 2.22. The van der Waals surface area contributed by atoms with Crippen LogP contribution in [-0.2, 0) is 4.79 Å². The van der Waals surface area contributed by atoms with Crippen LogP contribution in [0.5, 0.6) is 0 Å². The molecule has 5 nitrogen and oxygen atoms in total. The summed E-state index contributed by atoms with van der Waals surface area (Å²) in [5.41, 5.74) is 0.743. The number of nitrogens with zero attached hydrogens (tertiary/aromatic N) is 2. The van der Waals surface area contributed by atoms with E-state index < -0.39 is 0 Å². The predicted molar refractivity (Wildman–Crippen MR) is 95.2 cm³/mol. The monoisotopic (exact) mass is 359 g/mol. The van der Waals surface area contributed by atoms with E-state index >= 15 is 0 Å². The van der Waals surface area contributed by atoms with E-state index in [1.165, 1.54) is 0 Å². The van der Waals surface area contributed by atoms with Gasteiger partial charge in [0.15, 0.2) is 0 Å². The fraction of sp³-hybridized carbons (Fsp3) is 0.118. The predicted octanol–water partition coefficient (Wildman–Crippen LogP) is 4.51. The number of carbonyl (C=O) groups is 1. The number of carbonyl (C=O) groups excluding carboxylic acids is 1. The zero-order valence-corrected chi connectivity index (χ0v) is 14.2. The van der Waals surface area contributed by atoms with Crippen LogP contribution in [0.15, 0.2) is 63.9 Å². The Morgan fingerprint density at radius 1 is 1.08 bits per heavy atom. The molecule has 0 aliphatic heterocycles. The molecule has 0 saturated carbocycles. The van der Waals surface area contributed by atoms with Crippen molar-refractivity contribution in [1.82, 2.24) is 10.2 Å². The Bertz CT molecular complexity index is 806. The van der Waals surface area contributed by atoms with Gasteiger partial charge in [0.25, 0.3) is 0 Å². The molecule has 0 aliphatic carbocycles. The number of benzene rings is 2. The van der Waals surface area contributed by atoms with Gasteiger partial charge in [0.1, 0.15) is 0 Å². The molecule has 0 unspecified atom stereocenters. The fourth-order valence-corrected chi connectivity index (χ4v) is 2.94. The molecule has 1 heterocycles. The maximum atomic E-state index is 11.9. The Balaban J connectivity index is 1.51. The Hall–Kier alpha value is -2.31. The van der Waals surface area contributed by atoms with Crippen molar-refractivity contribution in [3.63, 3.8) is 0 Å². The Morgan fingerprint density at radius 2 is 1.83 bits per heavy atom. The van der Waals surface area contributed by atoms with Gasteiger partial charge in [-0.3, -0.25) is 10.1 Å². The molecule has 0 radical (unpaired) electrons. The molecule has 7 heteroatoms. The second kappa shape index (κ2) is 7.99. The lowest BCUT2D eigenvalue weighted by atomic mass is 10.2. The maximum Gasteiger partial charge on any atom is 0.322 e. The third-order valence-corrected chi connectivity index (χ3v) is 4.37. The second-order valence-corrected chi connectivity index (χ2v) is 6.48. The first kappa shape index (κ1) is 16.5. The van der Waals surface area contributed by atoms with E-state index in [0.717, 1.165) is 10.5 Å². The highest BCUT2D eigenvalue weighted by atomic mass is 35.5. The van der Waals surface area contributed by atoms with Crippen molar-refractivity contribution in [3.8, 4) is 11.5 Å². The SMILES string of the molecule is O=C(CCSc1ccccc1)Nc1nnc(-c2ccc(Cl)cc2)o1. The molecule has 24 heavy (non-hydrogen) atoms. The van der Waals surface area contributed by atoms with Gasteiger partial charge < -0.3 is 4.42 Å². The Morgan fingerprint density at radius 3 is 2.58 bits per heavy atom. The lowest BCUT2D eigenvalue weighted by Gasteiger charge is -2.01. The van der Waals surface area contributed by atoms with E-state index in [4.69, 9.17) is 16.0 Å². The third-order valence-electron chi connectivity index (χ3n) is 3.10. The molecule has 1 aromatic heterocycles. The number of nitrogens with one attached hydrogen (secondary N) is 1. The fourth-order valence-electron chi connectivity index (χ4n) is 1.94. The summed E-state index contributed by atoms with van der Waals surface area (Å²) in [5, 5.41) is 11.0. The first-order valence-corrected chi connectivity index (χ1v) is 8.64. The molecule has 2 aromatic carbocycles. The van der Waals surface area contributed by atoms with Crippen LogP contribution in [0.3, 0.4) is 0 Å². The molecule has 0 spiro atoms. The van der Waals surface area contributed by atoms with E-state index in [0.29, 0.717) is 23.1 Å². The lowest BCUT2D eigenvalue weighted by molar-refractivity contribution is -0.115. The number of aromatic nitrogens is 2. The van der Waals surface area contributed by atoms with Gasteiger partial charge in [-0.25, -0.2) is 0 Å². The molecule has 3 rings (SSSR count). The van der Waals surface area contributed by atoms with E-state index in [1.54, 1.807) is 36.0 Å².